The summed E-state index contributed by atoms with van der Waals surface area (Å²) in [6.07, 6.45) is 1.31. The van der Waals surface area contributed by atoms with Crippen molar-refractivity contribution >= 4 is 38.2 Å². The van der Waals surface area contributed by atoms with Gasteiger partial charge in [0.05, 0.1) is 11.1 Å². The summed E-state index contributed by atoms with van der Waals surface area (Å²) in [6, 6.07) is 10.9. The lowest BCUT2D eigenvalue weighted by molar-refractivity contribution is 0.232. The Kier molecular flexibility index (Phi) is 8.19. The highest BCUT2D eigenvalue weighted by Crippen LogP contribution is 2.19. The normalized spacial score (nSPS) is 11.8. The zero-order valence-electron chi connectivity index (χ0n) is 13.5. The summed E-state index contributed by atoms with van der Waals surface area (Å²) >= 11 is 3.25. The second-order valence-corrected chi connectivity index (χ2v) is 7.17. The van der Waals surface area contributed by atoms with Gasteiger partial charge in [-0.1, -0.05) is 33.6 Å². The molecule has 0 unspecified atom stereocenters. The van der Waals surface area contributed by atoms with E-state index in [0.717, 1.165) is 10.0 Å². The molecule has 0 radical (unpaired) electrons. The van der Waals surface area contributed by atoms with Gasteiger partial charge in [-0.25, -0.2) is 5.48 Å². The molecule has 0 saturated carbocycles. The van der Waals surface area contributed by atoms with E-state index in [1.54, 1.807) is 29.7 Å². The van der Waals surface area contributed by atoms with Gasteiger partial charge in [0.25, 0.3) is 10.1 Å². The van der Waals surface area contributed by atoms with Crippen LogP contribution in [0.5, 0.6) is 5.75 Å². The van der Waals surface area contributed by atoms with Crippen LogP contribution in [0.2, 0.25) is 0 Å². The SMILES string of the molecule is Cc1ccc(S(=O)(=O)O)cc1.N/C(=N\N=C\c1cc(Br)ccc1O)NO. The van der Waals surface area contributed by atoms with E-state index in [0.29, 0.717) is 5.56 Å². The number of rotatable bonds is 3. The highest BCUT2D eigenvalue weighted by atomic mass is 79.9. The molecule has 2 aromatic carbocycles. The van der Waals surface area contributed by atoms with E-state index in [2.05, 4.69) is 26.1 Å². The fourth-order valence-electron chi connectivity index (χ4n) is 1.51. The number of guanidine groups is 1. The van der Waals surface area contributed by atoms with Crippen molar-refractivity contribution in [2.75, 3.05) is 0 Å². The minimum atomic E-state index is -4.02. The Hall–Kier alpha value is -2.47. The third kappa shape index (κ3) is 7.61. The molecule has 0 amide bonds. The van der Waals surface area contributed by atoms with E-state index in [-0.39, 0.29) is 16.6 Å². The molecular weight excluding hydrogens is 428 g/mol. The Morgan fingerprint density at radius 3 is 2.38 bits per heavy atom. The van der Waals surface area contributed by atoms with Gasteiger partial charge in [-0.3, -0.25) is 9.76 Å². The minimum Gasteiger partial charge on any atom is -0.507 e. The fourth-order valence-corrected chi connectivity index (χ4v) is 2.37. The molecule has 2 aromatic rings. The van der Waals surface area contributed by atoms with Gasteiger partial charge in [-0.05, 0) is 37.3 Å². The number of phenols is 1. The molecule has 11 heteroatoms. The molecule has 0 heterocycles. The van der Waals surface area contributed by atoms with Gasteiger partial charge in [0.2, 0.25) is 5.96 Å². The van der Waals surface area contributed by atoms with Crippen molar-refractivity contribution in [1.82, 2.24) is 5.48 Å². The molecule has 0 atom stereocenters. The van der Waals surface area contributed by atoms with Gasteiger partial charge in [0.1, 0.15) is 5.75 Å². The van der Waals surface area contributed by atoms with Crippen LogP contribution in [0, 0.1) is 6.92 Å². The molecule has 140 valence electrons. The summed E-state index contributed by atoms with van der Waals surface area (Å²) in [7, 11) is -4.02. The lowest BCUT2D eigenvalue weighted by Crippen LogP contribution is -2.27. The molecule has 0 saturated heterocycles. The highest BCUT2D eigenvalue weighted by molar-refractivity contribution is 9.10. The molecule has 0 aromatic heterocycles. The minimum absolute atomic E-state index is 0.0666. The molecule has 26 heavy (non-hydrogen) atoms. The predicted octanol–water partition coefficient (Wildman–Crippen LogP) is 2.02. The number of phenolic OH excluding ortho intramolecular Hbond substituents is 1. The number of nitrogens with zero attached hydrogens (tertiary/aromatic N) is 2. The number of benzene rings is 2. The number of hydrogen-bond acceptors (Lipinski definition) is 6. The number of hydrogen-bond donors (Lipinski definition) is 5. The van der Waals surface area contributed by atoms with Gasteiger partial charge < -0.3 is 10.8 Å². The van der Waals surface area contributed by atoms with Crippen molar-refractivity contribution in [3.05, 3.63) is 58.1 Å². The molecule has 0 bridgehead atoms. The van der Waals surface area contributed by atoms with Crippen LogP contribution in [0.25, 0.3) is 0 Å². The van der Waals surface area contributed by atoms with Crippen molar-refractivity contribution in [3.8, 4) is 5.75 Å². The number of nitrogens with one attached hydrogen (secondary N) is 1. The van der Waals surface area contributed by atoms with Crippen LogP contribution in [0.4, 0.5) is 0 Å². The Labute approximate surface area is 158 Å². The Morgan fingerprint density at radius 2 is 1.85 bits per heavy atom. The highest BCUT2D eigenvalue weighted by Gasteiger charge is 2.06. The smallest absolute Gasteiger partial charge is 0.294 e. The number of nitrogens with two attached hydrogens (primary N) is 1. The quantitative estimate of drug-likeness (QED) is 0.209. The summed E-state index contributed by atoms with van der Waals surface area (Å²) in [6.45, 7) is 1.84. The van der Waals surface area contributed by atoms with Crippen LogP contribution in [0.1, 0.15) is 11.1 Å². The van der Waals surface area contributed by atoms with Crippen LogP contribution >= 0.6 is 15.9 Å². The molecule has 0 aliphatic carbocycles. The van der Waals surface area contributed by atoms with Crippen LogP contribution in [-0.4, -0.2) is 35.5 Å². The molecule has 9 nitrogen and oxygen atoms in total. The second-order valence-electron chi connectivity index (χ2n) is 4.83. The Balaban J connectivity index is 0.000000273. The topological polar surface area (TPSA) is 158 Å². The largest absolute Gasteiger partial charge is 0.507 e. The lowest BCUT2D eigenvalue weighted by Gasteiger charge is -1.97. The first-order valence-electron chi connectivity index (χ1n) is 6.92. The zero-order valence-corrected chi connectivity index (χ0v) is 15.9. The first-order chi connectivity index (χ1) is 12.1. The van der Waals surface area contributed by atoms with Crippen molar-refractivity contribution in [3.63, 3.8) is 0 Å². The third-order valence-corrected chi connectivity index (χ3v) is 4.15. The van der Waals surface area contributed by atoms with Crippen molar-refractivity contribution in [2.45, 2.75) is 11.8 Å². The van der Waals surface area contributed by atoms with E-state index in [4.69, 9.17) is 15.5 Å². The molecule has 0 fully saturated rings. The first-order valence-corrected chi connectivity index (χ1v) is 9.16. The van der Waals surface area contributed by atoms with E-state index < -0.39 is 10.1 Å². The third-order valence-electron chi connectivity index (χ3n) is 2.79. The monoisotopic (exact) mass is 444 g/mol. The molecule has 0 aliphatic heterocycles. The van der Waals surface area contributed by atoms with E-state index in [9.17, 15) is 13.5 Å². The number of aromatic hydroxyl groups is 1. The van der Waals surface area contributed by atoms with Crippen molar-refractivity contribution in [1.29, 1.82) is 0 Å². The lowest BCUT2D eigenvalue weighted by atomic mass is 10.2. The molecule has 6 N–H and O–H groups in total. The molecule has 0 aliphatic rings. The second kappa shape index (κ2) is 9.87. The first kappa shape index (κ1) is 21.6. The predicted molar refractivity (Wildman–Crippen MR) is 101 cm³/mol. The maximum absolute atomic E-state index is 10.5. The van der Waals surface area contributed by atoms with Crippen LogP contribution in [-0.2, 0) is 10.1 Å². The van der Waals surface area contributed by atoms with Gasteiger partial charge in [0.15, 0.2) is 0 Å². The van der Waals surface area contributed by atoms with Crippen molar-refractivity contribution in [2.24, 2.45) is 15.9 Å². The maximum atomic E-state index is 10.5. The summed E-state index contributed by atoms with van der Waals surface area (Å²) < 4.78 is 30.4. The van der Waals surface area contributed by atoms with E-state index in [1.165, 1.54) is 24.4 Å². The van der Waals surface area contributed by atoms with E-state index >= 15 is 0 Å². The number of hydroxylamine groups is 1. The summed E-state index contributed by atoms with van der Waals surface area (Å²) in [4.78, 5) is -0.0666. The van der Waals surface area contributed by atoms with Gasteiger partial charge >= 0.3 is 0 Å². The van der Waals surface area contributed by atoms with Crippen LogP contribution in [0.15, 0.2) is 62.0 Å². The maximum Gasteiger partial charge on any atom is 0.294 e. The average Bonchev–Trinajstić information content (AvgIpc) is 2.58. The average molecular weight is 445 g/mol. The van der Waals surface area contributed by atoms with E-state index in [1.807, 2.05) is 6.92 Å². The molecular formula is C15H17BrN4O5S. The van der Waals surface area contributed by atoms with Crippen LogP contribution < -0.4 is 11.2 Å². The molecule has 2 rings (SSSR count). The Morgan fingerprint density at radius 1 is 1.23 bits per heavy atom. The Bertz CT molecular complexity index is 899. The fraction of sp³-hybridized carbons (Fsp3) is 0.0667. The summed E-state index contributed by atoms with van der Waals surface area (Å²) in [5.41, 5.74) is 8.17. The van der Waals surface area contributed by atoms with Gasteiger partial charge in [-0.2, -0.15) is 13.5 Å². The zero-order chi connectivity index (χ0) is 19.7. The summed E-state index contributed by atoms with van der Waals surface area (Å²) in [5.74, 6) is -0.159. The summed E-state index contributed by atoms with van der Waals surface area (Å²) in [5, 5.41) is 24.6. The number of aryl methyl sites for hydroxylation is 1. The molecule has 0 spiro atoms. The van der Waals surface area contributed by atoms with Gasteiger partial charge in [0, 0.05) is 10.0 Å². The standard InChI is InChI=1S/C8H9BrN4O2.C7H8O3S/c9-6-1-2-7(14)5(3-6)4-11-12-8(10)13-15;1-6-2-4-7(5-3-6)11(8,9)10/h1-4,14-15H,(H3,10,12,13);2-5H,1H3,(H,8,9,10)/b11-4+;. The van der Waals surface area contributed by atoms with Gasteiger partial charge in [-0.15, -0.1) is 5.10 Å². The van der Waals surface area contributed by atoms with Crippen molar-refractivity contribution < 1.29 is 23.3 Å². The number of halogens is 1. The van der Waals surface area contributed by atoms with Crippen LogP contribution in [0.3, 0.4) is 0 Å².